The first kappa shape index (κ1) is 9.00. The molecular formula is C8H8N4O. The number of nitrogens with zero attached hydrogens (tertiary/aromatic N) is 2. The van der Waals surface area contributed by atoms with Crippen LogP contribution in [0, 0.1) is 11.3 Å². The molecule has 0 fully saturated rings. The average molecular weight is 176 g/mol. The Morgan fingerprint density at radius 3 is 3.23 bits per heavy atom. The molecule has 1 heterocycles. The summed E-state index contributed by atoms with van der Waals surface area (Å²) in [5, 5.41) is 17.2. The fraction of sp³-hybridized carbons (Fsp3) is 0.125. The number of nitrogens with one attached hydrogen (secondary N) is 2. The third kappa shape index (κ3) is 2.17. The summed E-state index contributed by atoms with van der Waals surface area (Å²) in [5.41, 5.74) is 0.317. The SMILES string of the molecule is C/C=C/C(=O)Nc1[nH]ncc1C#N. The number of allylic oxidation sites excluding steroid dienone is 1. The van der Waals surface area contributed by atoms with E-state index in [1.165, 1.54) is 12.3 Å². The van der Waals surface area contributed by atoms with E-state index in [1.54, 1.807) is 13.0 Å². The number of hydrogen-bond acceptors (Lipinski definition) is 3. The van der Waals surface area contributed by atoms with E-state index in [-0.39, 0.29) is 5.91 Å². The number of nitriles is 1. The Balaban J connectivity index is 2.75. The Kier molecular flexibility index (Phi) is 2.82. The van der Waals surface area contributed by atoms with Crippen LogP contribution in [0.15, 0.2) is 18.3 Å². The highest BCUT2D eigenvalue weighted by molar-refractivity contribution is 5.99. The number of H-pyrrole nitrogens is 1. The minimum Gasteiger partial charge on any atom is -0.306 e. The van der Waals surface area contributed by atoms with Crippen molar-refractivity contribution < 1.29 is 4.79 Å². The quantitative estimate of drug-likeness (QED) is 0.654. The fourth-order valence-electron chi connectivity index (χ4n) is 0.782. The van der Waals surface area contributed by atoms with Crippen LogP contribution >= 0.6 is 0 Å². The maximum atomic E-state index is 11.0. The van der Waals surface area contributed by atoms with Gasteiger partial charge in [0.25, 0.3) is 0 Å². The molecular weight excluding hydrogens is 168 g/mol. The van der Waals surface area contributed by atoms with Crippen LogP contribution in [0.1, 0.15) is 12.5 Å². The lowest BCUT2D eigenvalue weighted by atomic mass is 10.3. The number of hydrogen-bond donors (Lipinski definition) is 2. The second-order valence-electron chi connectivity index (χ2n) is 2.26. The van der Waals surface area contributed by atoms with Gasteiger partial charge in [0.15, 0.2) is 0 Å². The summed E-state index contributed by atoms with van der Waals surface area (Å²) in [4.78, 5) is 11.0. The number of aromatic nitrogens is 2. The van der Waals surface area contributed by atoms with Crippen molar-refractivity contribution in [2.24, 2.45) is 0 Å². The van der Waals surface area contributed by atoms with Crippen LogP contribution in [0.4, 0.5) is 5.82 Å². The van der Waals surface area contributed by atoms with E-state index < -0.39 is 0 Å². The van der Waals surface area contributed by atoms with Gasteiger partial charge in [-0.2, -0.15) is 10.4 Å². The minimum atomic E-state index is -0.289. The zero-order valence-electron chi connectivity index (χ0n) is 7.03. The van der Waals surface area contributed by atoms with E-state index in [9.17, 15) is 4.79 Å². The van der Waals surface area contributed by atoms with Crippen LogP contribution in [0.25, 0.3) is 0 Å². The van der Waals surface area contributed by atoms with Gasteiger partial charge in [0.2, 0.25) is 5.91 Å². The molecule has 0 spiro atoms. The molecule has 0 aliphatic rings. The fourth-order valence-corrected chi connectivity index (χ4v) is 0.782. The van der Waals surface area contributed by atoms with Crippen LogP contribution in [-0.4, -0.2) is 16.1 Å². The van der Waals surface area contributed by atoms with Gasteiger partial charge in [-0.15, -0.1) is 0 Å². The Labute approximate surface area is 75.1 Å². The molecule has 0 aliphatic heterocycles. The van der Waals surface area contributed by atoms with Crippen molar-refractivity contribution >= 4 is 11.7 Å². The van der Waals surface area contributed by atoms with Crippen molar-refractivity contribution in [3.05, 3.63) is 23.9 Å². The molecule has 0 unspecified atom stereocenters. The number of anilines is 1. The highest BCUT2D eigenvalue weighted by Gasteiger charge is 2.05. The van der Waals surface area contributed by atoms with Gasteiger partial charge in [0, 0.05) is 0 Å². The first-order valence-electron chi connectivity index (χ1n) is 3.65. The minimum absolute atomic E-state index is 0.289. The van der Waals surface area contributed by atoms with Gasteiger partial charge in [0.05, 0.1) is 6.20 Å². The van der Waals surface area contributed by atoms with Crippen LogP contribution in [0.3, 0.4) is 0 Å². The van der Waals surface area contributed by atoms with Gasteiger partial charge in [0.1, 0.15) is 17.5 Å². The van der Waals surface area contributed by atoms with Gasteiger partial charge >= 0.3 is 0 Å². The van der Waals surface area contributed by atoms with Gasteiger partial charge in [-0.1, -0.05) is 6.08 Å². The summed E-state index contributed by atoms with van der Waals surface area (Å²) in [5.74, 6) is 0.0360. The maximum absolute atomic E-state index is 11.0. The molecule has 0 saturated heterocycles. The van der Waals surface area contributed by atoms with E-state index in [1.807, 2.05) is 6.07 Å². The molecule has 0 aromatic carbocycles. The molecule has 0 bridgehead atoms. The number of carbonyl (C=O) groups excluding carboxylic acids is 1. The van der Waals surface area contributed by atoms with Crippen LogP contribution in [0.5, 0.6) is 0 Å². The van der Waals surface area contributed by atoms with E-state index >= 15 is 0 Å². The van der Waals surface area contributed by atoms with Crippen LogP contribution < -0.4 is 5.32 Å². The number of carbonyl (C=O) groups is 1. The number of amides is 1. The molecule has 0 aliphatic carbocycles. The highest BCUT2D eigenvalue weighted by Crippen LogP contribution is 2.08. The second-order valence-corrected chi connectivity index (χ2v) is 2.26. The Morgan fingerprint density at radius 1 is 1.85 bits per heavy atom. The van der Waals surface area contributed by atoms with Crippen molar-refractivity contribution in [3.63, 3.8) is 0 Å². The molecule has 0 saturated carbocycles. The monoisotopic (exact) mass is 176 g/mol. The molecule has 1 rings (SSSR count). The molecule has 66 valence electrons. The molecule has 1 aromatic rings. The summed E-state index contributed by atoms with van der Waals surface area (Å²) in [7, 11) is 0. The summed E-state index contributed by atoms with van der Waals surface area (Å²) in [6.07, 6.45) is 4.32. The molecule has 5 nitrogen and oxygen atoms in total. The summed E-state index contributed by atoms with van der Waals surface area (Å²) < 4.78 is 0. The van der Waals surface area contributed by atoms with Crippen molar-refractivity contribution in [2.75, 3.05) is 5.32 Å². The zero-order valence-corrected chi connectivity index (χ0v) is 7.03. The van der Waals surface area contributed by atoms with Crippen LogP contribution in [0.2, 0.25) is 0 Å². The van der Waals surface area contributed by atoms with Crippen molar-refractivity contribution in [2.45, 2.75) is 6.92 Å². The normalized spacial score (nSPS) is 9.85. The average Bonchev–Trinajstić information content (AvgIpc) is 2.52. The summed E-state index contributed by atoms with van der Waals surface area (Å²) >= 11 is 0. The molecule has 13 heavy (non-hydrogen) atoms. The van der Waals surface area contributed by atoms with Gasteiger partial charge in [-0.25, -0.2) is 0 Å². The predicted octanol–water partition coefficient (Wildman–Crippen LogP) is 0.796. The van der Waals surface area contributed by atoms with E-state index in [0.717, 1.165) is 0 Å². The molecule has 2 N–H and O–H groups in total. The zero-order chi connectivity index (χ0) is 9.68. The topological polar surface area (TPSA) is 81.6 Å². The van der Waals surface area contributed by atoms with E-state index in [0.29, 0.717) is 11.4 Å². The lowest BCUT2D eigenvalue weighted by Gasteiger charge is -1.96. The van der Waals surface area contributed by atoms with Gasteiger partial charge < -0.3 is 5.32 Å². The molecule has 0 atom stereocenters. The number of aromatic amines is 1. The third-order valence-corrected chi connectivity index (χ3v) is 1.33. The van der Waals surface area contributed by atoms with E-state index in [2.05, 4.69) is 15.5 Å². The van der Waals surface area contributed by atoms with Crippen molar-refractivity contribution in [1.29, 1.82) is 5.26 Å². The summed E-state index contributed by atoms with van der Waals surface area (Å²) in [6.45, 7) is 1.73. The standard InChI is InChI=1S/C8H8N4O/c1-2-3-7(13)11-8-6(4-9)5-10-12-8/h2-3,5H,1H3,(H2,10,11,12,13)/b3-2+. The first-order valence-corrected chi connectivity index (χ1v) is 3.65. The Bertz CT molecular complexity index is 372. The lowest BCUT2D eigenvalue weighted by molar-refractivity contribution is -0.111. The Hall–Kier alpha value is -2.09. The maximum Gasteiger partial charge on any atom is 0.249 e. The Morgan fingerprint density at radius 2 is 2.62 bits per heavy atom. The van der Waals surface area contributed by atoms with Gasteiger partial charge in [-0.3, -0.25) is 9.89 Å². The van der Waals surface area contributed by atoms with Crippen molar-refractivity contribution in [3.8, 4) is 6.07 Å². The summed E-state index contributed by atoms with van der Waals surface area (Å²) in [6, 6.07) is 1.89. The molecule has 5 heteroatoms. The number of rotatable bonds is 2. The molecule has 1 aromatic heterocycles. The van der Waals surface area contributed by atoms with Crippen LogP contribution in [-0.2, 0) is 4.79 Å². The largest absolute Gasteiger partial charge is 0.306 e. The van der Waals surface area contributed by atoms with E-state index in [4.69, 9.17) is 5.26 Å². The lowest BCUT2D eigenvalue weighted by Crippen LogP contribution is -2.08. The second kappa shape index (κ2) is 4.07. The first-order chi connectivity index (χ1) is 6.27. The predicted molar refractivity (Wildman–Crippen MR) is 46.7 cm³/mol. The smallest absolute Gasteiger partial charge is 0.249 e. The highest BCUT2D eigenvalue weighted by atomic mass is 16.1. The molecule has 0 radical (unpaired) electrons. The molecule has 1 amide bonds. The third-order valence-electron chi connectivity index (χ3n) is 1.33. The van der Waals surface area contributed by atoms with Gasteiger partial charge in [-0.05, 0) is 13.0 Å². The van der Waals surface area contributed by atoms with Crippen molar-refractivity contribution in [1.82, 2.24) is 10.2 Å².